The van der Waals surface area contributed by atoms with Crippen molar-refractivity contribution in [2.45, 2.75) is 109 Å². The summed E-state index contributed by atoms with van der Waals surface area (Å²) in [6.07, 6.45) is 8.24. The van der Waals surface area contributed by atoms with E-state index in [0.717, 1.165) is 38.8 Å². The molecule has 0 bridgehead atoms. The van der Waals surface area contributed by atoms with Crippen molar-refractivity contribution in [3.05, 3.63) is 332 Å². The number of benzene rings is 5. The van der Waals surface area contributed by atoms with Crippen LogP contribution in [0.4, 0.5) is 0 Å². The zero-order chi connectivity index (χ0) is 83.9. The average Bonchev–Trinajstić information content (AvgIpc) is 1.71. The summed E-state index contributed by atoms with van der Waals surface area (Å²) in [6, 6.07) is 86.4. The second-order valence-electron chi connectivity index (χ2n) is 29.8. The molecule has 1 atom stereocenters. The number of aromatic amines is 4. The Hall–Kier alpha value is -10.3. The minimum Gasteiger partial charge on any atom is -0.477 e. The number of pyridine rings is 3. The molecule has 0 spiro atoms. The number of nitrogens with one attached hydrogen (secondary N) is 4. The van der Waals surface area contributed by atoms with Gasteiger partial charge in [0, 0.05) is 81.6 Å². The van der Waals surface area contributed by atoms with Crippen LogP contribution in [0, 0.1) is 21.7 Å². The Labute approximate surface area is 709 Å². The summed E-state index contributed by atoms with van der Waals surface area (Å²) in [5.74, 6) is -2.41. The number of carboxylic acid groups (broad SMARTS) is 2. The number of carbonyl (C=O) groups is 5. The SMILES string of the molecule is C.CC(C)(CO)CO.CC1(C)COC(C(=O)O)OC1.CC1(C)COC(C(=O)Sc2ccccn2)OC1.CC1(C)COC(C(=O)c2ccc(C(c3ccccc3)c3ccc[nH]3)[nH]2)OC1.O.O=CC(=O)O.c1ccc(C(c2ccc[nH]2)c2ccc[nH]2)cc1.c1ccc(P(c2ccccc2)c2ccccc2)cc1.c1ccc(SSc2ccccn2)nc1. The van der Waals surface area contributed by atoms with Crippen molar-refractivity contribution in [1.29, 1.82) is 0 Å². The van der Waals surface area contributed by atoms with Crippen molar-refractivity contribution in [1.82, 2.24) is 34.9 Å². The number of aldehydes is 1. The number of H-pyrrole nitrogens is 4. The summed E-state index contributed by atoms with van der Waals surface area (Å²) in [7, 11) is 2.79. The molecule has 0 aliphatic carbocycles. The first-order valence-electron chi connectivity index (χ1n) is 37.7. The Bertz CT molecular complexity index is 4580. The van der Waals surface area contributed by atoms with Gasteiger partial charge in [0.2, 0.25) is 24.6 Å². The van der Waals surface area contributed by atoms with Crippen LogP contribution >= 0.6 is 41.3 Å². The van der Waals surface area contributed by atoms with Crippen LogP contribution in [0.2, 0.25) is 0 Å². The molecule has 5 aromatic carbocycles. The molecule has 15 rings (SSSR count). The number of rotatable bonds is 20. The maximum Gasteiger partial charge on any atom is 0.368 e. The molecule has 10 heterocycles. The summed E-state index contributed by atoms with van der Waals surface area (Å²) >= 11 is 1.05. The highest BCUT2D eigenvalue weighted by molar-refractivity contribution is 8.76. The minimum absolute atomic E-state index is 0. The molecular formula is C92H108N7O16PS3. The van der Waals surface area contributed by atoms with Crippen molar-refractivity contribution < 1.29 is 78.3 Å². The van der Waals surface area contributed by atoms with Crippen LogP contribution in [0.5, 0.6) is 0 Å². The molecular weight excluding hydrogens is 1590 g/mol. The fraction of sp³-hybridized carbons (Fsp3) is 0.283. The van der Waals surface area contributed by atoms with Crippen molar-refractivity contribution in [3.63, 3.8) is 0 Å². The number of Topliss-reactive ketones (excluding diaryl/α,β-unsaturated/α-hetero) is 1. The molecule has 1 unspecified atom stereocenters. The standard InChI is InChI=1S/C22H24N2O3.C18H15P.C15H14N2.C12H15NO3S.C10H8N2S2.C7H12O4.C5H12O2.C2H2O3.CH4.H2O/c1-22(2)13-26-21(27-14-22)20(25)18-11-10-17(24-18)19(16-9-6-12-23-16)15-7-4-3-5-8-15;1-4-10-16(11-5-1)19(17-12-6-2-7-13-17)18-14-8-3-9-15-18;1-2-6-12(7-3-1)15(13-8-4-10-16-13)14-9-5-11-17-14;1-12(2)7-15-11(16-8-12)10(14)17-9-5-3-4-6-13-9;1-3-7-11-9(5-1)13-14-10-6-2-4-8-12-10;1-7(2)3-10-6(5(8)9)11-4-7;1-5(2,3-6)4-7;3-1-2(4)5;;/h3-12,19,21,23-24H,13-14H2,1-2H3;1-15H;1-11,15-17H;3-6,11H,7-8H2,1-2H3;1-8H;6H,3-4H2,1-2H3,(H,8,9);6-7H,3-4H2,1-2H3;1H,(H,4,5);1H4;1H2. The molecule has 0 amide bonds. The van der Waals surface area contributed by atoms with Gasteiger partial charge < -0.3 is 74.3 Å². The van der Waals surface area contributed by atoms with E-state index in [1.807, 2.05) is 149 Å². The summed E-state index contributed by atoms with van der Waals surface area (Å²) in [6.45, 7) is 18.8. The third-order valence-corrected chi connectivity index (χ3v) is 22.5. The van der Waals surface area contributed by atoms with Crippen LogP contribution in [-0.2, 0) is 47.6 Å². The summed E-state index contributed by atoms with van der Waals surface area (Å²) < 4.78 is 32.0. The minimum atomic E-state index is -1.43. The Morgan fingerprint density at radius 3 is 1.07 bits per heavy atom. The molecule has 3 saturated heterocycles. The lowest BCUT2D eigenvalue weighted by atomic mass is 9.93. The van der Waals surface area contributed by atoms with E-state index in [-0.39, 0.29) is 76.8 Å². The van der Waals surface area contributed by atoms with E-state index in [0.29, 0.717) is 50.4 Å². The topological polar surface area (TPSA) is 355 Å². The lowest BCUT2D eigenvalue weighted by Crippen LogP contribution is -2.41. The number of ketones is 1. The highest BCUT2D eigenvalue weighted by Crippen LogP contribution is 2.37. The smallest absolute Gasteiger partial charge is 0.368 e. The largest absolute Gasteiger partial charge is 0.477 e. The quantitative estimate of drug-likeness (QED) is 0.00877. The molecule has 630 valence electrons. The van der Waals surface area contributed by atoms with Crippen LogP contribution in [-0.4, -0.2) is 162 Å². The zero-order valence-electron chi connectivity index (χ0n) is 67.1. The first kappa shape index (κ1) is 97.6. The van der Waals surface area contributed by atoms with E-state index < -0.39 is 38.7 Å². The monoisotopic (exact) mass is 1690 g/mol. The molecule has 119 heavy (non-hydrogen) atoms. The van der Waals surface area contributed by atoms with E-state index in [1.54, 1.807) is 60.1 Å². The van der Waals surface area contributed by atoms with Crippen LogP contribution in [0.25, 0.3) is 0 Å². The van der Waals surface area contributed by atoms with Gasteiger partial charge in [-0.25, -0.2) is 24.5 Å². The van der Waals surface area contributed by atoms with Gasteiger partial charge in [-0.1, -0.05) is 233 Å². The normalized spacial score (nSPS) is 14.7. The summed E-state index contributed by atoms with van der Waals surface area (Å²) in [5.41, 5.74) is 6.91. The highest BCUT2D eigenvalue weighted by atomic mass is 33.1. The molecule has 3 aliphatic heterocycles. The number of aliphatic hydroxyl groups is 2. The first-order chi connectivity index (χ1) is 56.4. The third kappa shape index (κ3) is 33.8. The van der Waals surface area contributed by atoms with Crippen LogP contribution < -0.4 is 15.9 Å². The first-order valence-corrected chi connectivity index (χ1v) is 42.0. The molecule has 0 saturated carbocycles. The molecule has 23 nitrogen and oxygen atoms in total. The van der Waals surface area contributed by atoms with Crippen molar-refractivity contribution >= 4 is 86.3 Å². The fourth-order valence-corrected chi connectivity index (χ4v) is 15.7. The number of aliphatic carboxylic acids is 2. The second-order valence-corrected chi connectivity index (χ2v) is 35.2. The maximum atomic E-state index is 12.8. The fourth-order valence-electron chi connectivity index (χ4n) is 10.9. The lowest BCUT2D eigenvalue weighted by molar-refractivity contribution is -0.230. The van der Waals surface area contributed by atoms with E-state index in [9.17, 15) is 14.4 Å². The number of carbonyl (C=O) groups excluding carboxylic acids is 3. The second kappa shape index (κ2) is 50.6. The van der Waals surface area contributed by atoms with E-state index in [2.05, 4.69) is 194 Å². The summed E-state index contributed by atoms with van der Waals surface area (Å²) in [4.78, 5) is 78.5. The van der Waals surface area contributed by atoms with Crippen molar-refractivity contribution in [3.8, 4) is 0 Å². The third-order valence-electron chi connectivity index (χ3n) is 17.0. The molecule has 27 heteroatoms. The zero-order valence-corrected chi connectivity index (χ0v) is 70.5. The number of hydrogen-bond acceptors (Lipinski definition) is 19. The highest BCUT2D eigenvalue weighted by Gasteiger charge is 2.36. The van der Waals surface area contributed by atoms with Crippen LogP contribution in [0.1, 0.15) is 119 Å². The number of aromatic nitrogens is 7. The molecule has 3 aliphatic rings. The van der Waals surface area contributed by atoms with Crippen molar-refractivity contribution in [2.24, 2.45) is 21.7 Å². The van der Waals surface area contributed by atoms with E-state index in [1.165, 1.54) is 32.9 Å². The van der Waals surface area contributed by atoms with Gasteiger partial charge in [0.1, 0.15) is 15.1 Å². The molecule has 10 N–H and O–H groups in total. The molecule has 0 radical (unpaired) electrons. The molecule has 3 fully saturated rings. The number of nitrogens with zero attached hydrogens (tertiary/aromatic N) is 3. The van der Waals surface area contributed by atoms with Gasteiger partial charge in [0.15, 0.2) is 0 Å². The maximum absolute atomic E-state index is 12.8. The van der Waals surface area contributed by atoms with E-state index in [4.69, 9.17) is 58.4 Å². The van der Waals surface area contributed by atoms with Gasteiger partial charge in [0.25, 0.3) is 11.4 Å². The Morgan fingerprint density at radius 2 is 0.765 bits per heavy atom. The van der Waals surface area contributed by atoms with Crippen LogP contribution in [0.3, 0.4) is 0 Å². The Kier molecular flexibility index (Phi) is 41.5. The Balaban J connectivity index is 0.000000218. The van der Waals surface area contributed by atoms with Gasteiger partial charge in [-0.15, -0.1) is 0 Å². The van der Waals surface area contributed by atoms with Gasteiger partial charge in [-0.2, -0.15) is 0 Å². The number of thioether (sulfide) groups is 1. The number of ether oxygens (including phenoxy) is 6. The van der Waals surface area contributed by atoms with Gasteiger partial charge in [-0.3, -0.25) is 14.4 Å². The predicted octanol–water partition coefficient (Wildman–Crippen LogP) is 16.0. The number of carboxylic acids is 2. The van der Waals surface area contributed by atoms with Crippen molar-refractivity contribution in [2.75, 3.05) is 52.9 Å². The molecule has 7 aromatic heterocycles. The molecule has 12 aromatic rings. The van der Waals surface area contributed by atoms with E-state index >= 15 is 0 Å². The summed E-state index contributed by atoms with van der Waals surface area (Å²) in [5, 5.41) is 39.4. The Morgan fingerprint density at radius 1 is 0.445 bits per heavy atom. The lowest BCUT2D eigenvalue weighted by Gasteiger charge is -2.33. The number of aliphatic hydroxyl groups excluding tert-OH is 2. The predicted molar refractivity (Wildman–Crippen MR) is 471 cm³/mol. The van der Waals surface area contributed by atoms with Gasteiger partial charge in [-0.05, 0) is 153 Å². The average molecular weight is 1700 g/mol. The number of hydrogen-bond donors (Lipinski definition) is 8. The van der Waals surface area contributed by atoms with Gasteiger partial charge in [0.05, 0.1) is 70.4 Å². The van der Waals surface area contributed by atoms with Gasteiger partial charge >= 0.3 is 11.9 Å². The van der Waals surface area contributed by atoms with Crippen LogP contribution in [0.15, 0.2) is 307 Å².